The summed E-state index contributed by atoms with van der Waals surface area (Å²) in [6, 6.07) is 22.5. The molecule has 0 bridgehead atoms. The molecule has 3 atom stereocenters. The minimum absolute atomic E-state index is 0.0287. The average molecular weight is 571 g/mol. The predicted molar refractivity (Wildman–Crippen MR) is 162 cm³/mol. The summed E-state index contributed by atoms with van der Waals surface area (Å²) in [6.07, 6.45) is 1.25. The van der Waals surface area contributed by atoms with E-state index in [1.807, 2.05) is 43.3 Å². The summed E-state index contributed by atoms with van der Waals surface area (Å²) in [7, 11) is 2.99. The molecule has 0 aliphatic heterocycles. The lowest BCUT2D eigenvalue weighted by molar-refractivity contribution is 0.0976. The summed E-state index contributed by atoms with van der Waals surface area (Å²) in [6.45, 7) is 4.13. The molecule has 220 valence electrons. The summed E-state index contributed by atoms with van der Waals surface area (Å²) in [5, 5.41) is 42.6. The molecule has 0 saturated carbocycles. The minimum atomic E-state index is -0.517. The van der Waals surface area contributed by atoms with Gasteiger partial charge in [-0.1, -0.05) is 50.2 Å². The minimum Gasteiger partial charge on any atom is -0.508 e. The molecule has 0 spiro atoms. The maximum atomic E-state index is 13.6. The van der Waals surface area contributed by atoms with E-state index in [2.05, 4.69) is 6.92 Å². The van der Waals surface area contributed by atoms with Crippen LogP contribution in [0, 0.1) is 11.8 Å². The Hall–Kier alpha value is -4.65. The fourth-order valence-electron chi connectivity index (χ4n) is 5.49. The van der Waals surface area contributed by atoms with Gasteiger partial charge >= 0.3 is 0 Å². The number of methoxy groups -OCH3 is 2. The van der Waals surface area contributed by atoms with Gasteiger partial charge < -0.3 is 29.9 Å². The number of hydrogen-bond acceptors (Lipinski definition) is 7. The molecule has 4 N–H and O–H groups in total. The number of hydrogen-bond donors (Lipinski definition) is 4. The number of Topliss-reactive ketones (excluding diaryl/α,β-unsaturated/α-hetero) is 1. The first-order chi connectivity index (χ1) is 20.1. The van der Waals surface area contributed by atoms with Crippen LogP contribution in [0.1, 0.15) is 58.8 Å². The van der Waals surface area contributed by atoms with Gasteiger partial charge in [0.25, 0.3) is 0 Å². The number of phenols is 4. The maximum absolute atomic E-state index is 13.6. The molecule has 42 heavy (non-hydrogen) atoms. The van der Waals surface area contributed by atoms with Crippen molar-refractivity contribution in [2.75, 3.05) is 14.2 Å². The van der Waals surface area contributed by atoms with Gasteiger partial charge in [-0.05, 0) is 77.8 Å². The Morgan fingerprint density at radius 1 is 0.762 bits per heavy atom. The van der Waals surface area contributed by atoms with E-state index in [1.54, 1.807) is 43.5 Å². The first-order valence-corrected chi connectivity index (χ1v) is 14.0. The molecule has 7 nitrogen and oxygen atoms in total. The lowest BCUT2D eigenvalue weighted by atomic mass is 9.73. The first-order valence-electron chi connectivity index (χ1n) is 14.0. The van der Waals surface area contributed by atoms with Crippen molar-refractivity contribution in [3.8, 4) is 34.5 Å². The monoisotopic (exact) mass is 570 g/mol. The van der Waals surface area contributed by atoms with Crippen LogP contribution in [0.5, 0.6) is 34.5 Å². The number of carbonyl (C=O) groups is 1. The summed E-state index contributed by atoms with van der Waals surface area (Å²) in [5.74, 6) is -0.277. The van der Waals surface area contributed by atoms with Crippen LogP contribution in [0.3, 0.4) is 0 Å². The normalized spacial score (nSPS) is 13.2. The van der Waals surface area contributed by atoms with Crippen LogP contribution in [0.25, 0.3) is 0 Å². The zero-order valence-electron chi connectivity index (χ0n) is 24.4. The number of aryl methyl sites for hydroxylation is 1. The van der Waals surface area contributed by atoms with Crippen molar-refractivity contribution >= 4 is 5.78 Å². The van der Waals surface area contributed by atoms with Crippen LogP contribution in [0.15, 0.2) is 78.9 Å². The highest BCUT2D eigenvalue weighted by Gasteiger charge is 2.34. The van der Waals surface area contributed by atoms with Gasteiger partial charge in [0.15, 0.2) is 5.78 Å². The molecule has 7 heteroatoms. The van der Waals surface area contributed by atoms with E-state index in [1.165, 1.54) is 13.2 Å². The van der Waals surface area contributed by atoms with Gasteiger partial charge in [0.2, 0.25) is 0 Å². The quantitative estimate of drug-likeness (QED) is 0.136. The van der Waals surface area contributed by atoms with E-state index in [9.17, 15) is 25.2 Å². The second-order valence-electron chi connectivity index (χ2n) is 10.8. The third-order valence-corrected chi connectivity index (χ3v) is 8.06. The molecule has 4 aromatic rings. The van der Waals surface area contributed by atoms with E-state index in [-0.39, 0.29) is 63.9 Å². The van der Waals surface area contributed by atoms with Crippen molar-refractivity contribution in [3.05, 3.63) is 107 Å². The van der Waals surface area contributed by atoms with Gasteiger partial charge in [0.1, 0.15) is 40.1 Å². The van der Waals surface area contributed by atoms with Gasteiger partial charge in [-0.15, -0.1) is 0 Å². The third kappa shape index (κ3) is 6.79. The van der Waals surface area contributed by atoms with Crippen LogP contribution in [-0.2, 0) is 12.8 Å². The number of rotatable bonds is 12. The van der Waals surface area contributed by atoms with Gasteiger partial charge in [0, 0.05) is 24.0 Å². The fourth-order valence-corrected chi connectivity index (χ4v) is 5.49. The van der Waals surface area contributed by atoms with E-state index in [0.717, 1.165) is 22.4 Å². The molecule has 0 aliphatic rings. The van der Waals surface area contributed by atoms with Crippen molar-refractivity contribution in [2.45, 2.75) is 39.0 Å². The lowest BCUT2D eigenvalue weighted by Crippen LogP contribution is -2.21. The summed E-state index contributed by atoms with van der Waals surface area (Å²) >= 11 is 0. The standard InChI is InChI=1S/C35H38O7/c1-21(19-24-5-12-26(36)13-6-24)22(2)32(25-10-14-27(37)15-11-25)34-30(39)20-31(42-4)33(35(34)40)29(38)18-9-23-7-16-28(41-3)17-8-23/h5-8,10-17,20-22,32,36-37,39-40H,9,18-19H2,1-4H3/t21-,22-,32-/m1/s1. The van der Waals surface area contributed by atoms with Crippen LogP contribution in [-0.4, -0.2) is 40.4 Å². The third-order valence-electron chi connectivity index (χ3n) is 8.06. The number of aromatic hydroxyl groups is 4. The molecule has 0 aromatic heterocycles. The van der Waals surface area contributed by atoms with Crippen molar-refractivity contribution in [1.82, 2.24) is 0 Å². The smallest absolute Gasteiger partial charge is 0.170 e. The zero-order chi connectivity index (χ0) is 30.4. The van der Waals surface area contributed by atoms with Crippen molar-refractivity contribution < 1.29 is 34.7 Å². The summed E-state index contributed by atoms with van der Waals surface area (Å²) in [4.78, 5) is 13.6. The molecule has 0 radical (unpaired) electrons. The highest BCUT2D eigenvalue weighted by Crippen LogP contribution is 2.49. The topological polar surface area (TPSA) is 116 Å². The van der Waals surface area contributed by atoms with E-state index < -0.39 is 5.92 Å². The zero-order valence-corrected chi connectivity index (χ0v) is 24.4. The number of benzene rings is 4. The molecule has 0 unspecified atom stereocenters. The molecule has 0 saturated heterocycles. The molecule has 4 aromatic carbocycles. The number of ether oxygens (including phenoxy) is 2. The largest absolute Gasteiger partial charge is 0.508 e. The average Bonchev–Trinajstić information content (AvgIpc) is 2.99. The first kappa shape index (κ1) is 30.3. The predicted octanol–water partition coefficient (Wildman–Crippen LogP) is 6.99. The van der Waals surface area contributed by atoms with Crippen LogP contribution < -0.4 is 9.47 Å². The SMILES string of the molecule is COc1ccc(CCC(=O)c2c(OC)cc(O)c([C@@H](c3ccc(O)cc3)[C@H](C)[C@H](C)Cc3ccc(O)cc3)c2O)cc1. The van der Waals surface area contributed by atoms with Gasteiger partial charge in [-0.2, -0.15) is 0 Å². The summed E-state index contributed by atoms with van der Waals surface area (Å²) < 4.78 is 10.7. The Labute approximate surface area is 246 Å². The Bertz CT molecular complexity index is 1490. The Morgan fingerprint density at radius 2 is 1.33 bits per heavy atom. The van der Waals surface area contributed by atoms with E-state index in [4.69, 9.17) is 9.47 Å². The summed E-state index contributed by atoms with van der Waals surface area (Å²) in [5.41, 5.74) is 3.01. The van der Waals surface area contributed by atoms with Gasteiger partial charge in [-0.3, -0.25) is 4.79 Å². The fraction of sp³-hybridized carbons (Fsp3) is 0.286. The van der Waals surface area contributed by atoms with Gasteiger partial charge in [0.05, 0.1) is 14.2 Å². The molecule has 0 heterocycles. The highest BCUT2D eigenvalue weighted by atomic mass is 16.5. The Kier molecular flexibility index (Phi) is 9.63. The van der Waals surface area contributed by atoms with Crippen molar-refractivity contribution in [2.24, 2.45) is 11.8 Å². The number of carbonyl (C=O) groups excluding carboxylic acids is 1. The number of phenolic OH excluding ortho intramolecular Hbond substituents is 4. The molecular weight excluding hydrogens is 532 g/mol. The van der Waals surface area contributed by atoms with E-state index in [0.29, 0.717) is 12.8 Å². The maximum Gasteiger partial charge on any atom is 0.170 e. The van der Waals surface area contributed by atoms with Crippen LogP contribution >= 0.6 is 0 Å². The van der Waals surface area contributed by atoms with Crippen molar-refractivity contribution in [3.63, 3.8) is 0 Å². The van der Waals surface area contributed by atoms with Gasteiger partial charge in [-0.25, -0.2) is 0 Å². The lowest BCUT2D eigenvalue weighted by Gasteiger charge is -2.32. The molecule has 0 fully saturated rings. The van der Waals surface area contributed by atoms with E-state index >= 15 is 0 Å². The van der Waals surface area contributed by atoms with Crippen molar-refractivity contribution in [1.29, 1.82) is 0 Å². The second-order valence-corrected chi connectivity index (χ2v) is 10.8. The molecule has 0 amide bonds. The second kappa shape index (κ2) is 13.3. The number of ketones is 1. The Morgan fingerprint density at radius 3 is 1.90 bits per heavy atom. The molecule has 0 aliphatic carbocycles. The molecular formula is C35H38O7. The van der Waals surface area contributed by atoms with Crippen LogP contribution in [0.4, 0.5) is 0 Å². The Balaban J connectivity index is 1.73. The molecule has 4 rings (SSSR count). The highest BCUT2D eigenvalue weighted by molar-refractivity contribution is 6.02. The van der Waals surface area contributed by atoms with Crippen LogP contribution in [0.2, 0.25) is 0 Å².